The van der Waals surface area contributed by atoms with E-state index < -0.39 is 0 Å². The van der Waals surface area contributed by atoms with Gasteiger partial charge in [-0.3, -0.25) is 4.90 Å². The van der Waals surface area contributed by atoms with E-state index in [-0.39, 0.29) is 0 Å². The molecule has 1 N–H and O–H groups in total. The van der Waals surface area contributed by atoms with Crippen LogP contribution in [0.5, 0.6) is 0 Å². The van der Waals surface area contributed by atoms with E-state index in [1.807, 2.05) is 12.4 Å². The van der Waals surface area contributed by atoms with E-state index in [1.54, 1.807) is 11.3 Å². The van der Waals surface area contributed by atoms with Crippen LogP contribution in [0.2, 0.25) is 0 Å². The van der Waals surface area contributed by atoms with E-state index in [9.17, 15) is 0 Å². The lowest BCUT2D eigenvalue weighted by atomic mass is 9.98. The molecule has 1 fully saturated rings. The Labute approximate surface area is 128 Å². The number of benzene rings is 1. The molecular weight excluding hydrogens is 278 g/mol. The molecule has 4 rings (SSSR count). The Balaban J connectivity index is 1.53. The molecule has 1 unspecified atom stereocenters. The fourth-order valence-electron chi connectivity index (χ4n) is 3.37. The number of hydrogen-bond donors (Lipinski definition) is 1. The van der Waals surface area contributed by atoms with Gasteiger partial charge >= 0.3 is 0 Å². The SMILES string of the molecule is c1cc(CN2CCCC(c3nccs3)C2)c2cc[nH]c2c1. The average molecular weight is 297 g/mol. The second-order valence-electron chi connectivity index (χ2n) is 5.80. The number of rotatable bonds is 3. The summed E-state index contributed by atoms with van der Waals surface area (Å²) in [5, 5.41) is 4.75. The van der Waals surface area contributed by atoms with Crippen molar-refractivity contribution in [2.45, 2.75) is 25.3 Å². The zero-order chi connectivity index (χ0) is 14.1. The second kappa shape index (κ2) is 5.62. The summed E-state index contributed by atoms with van der Waals surface area (Å²) in [5.41, 5.74) is 2.66. The molecule has 2 aromatic heterocycles. The number of nitrogens with zero attached hydrogens (tertiary/aromatic N) is 2. The van der Waals surface area contributed by atoms with Gasteiger partial charge in [-0.15, -0.1) is 11.3 Å². The van der Waals surface area contributed by atoms with E-state index >= 15 is 0 Å². The summed E-state index contributed by atoms with van der Waals surface area (Å²) in [6.07, 6.45) is 6.51. The molecule has 0 bridgehead atoms. The molecule has 1 aliphatic rings. The first-order valence-electron chi connectivity index (χ1n) is 7.57. The first kappa shape index (κ1) is 13.0. The Kier molecular flexibility index (Phi) is 3.49. The highest BCUT2D eigenvalue weighted by Crippen LogP contribution is 2.29. The number of hydrogen-bond acceptors (Lipinski definition) is 3. The molecular formula is C17H19N3S. The standard InChI is InChI=1S/C17H19N3S/c1-3-13(15-6-7-18-16(15)5-1)11-20-9-2-4-14(12-20)17-19-8-10-21-17/h1,3,5-8,10,14,18H,2,4,9,11-12H2. The molecule has 0 radical (unpaired) electrons. The van der Waals surface area contributed by atoms with Gasteiger partial charge in [-0.2, -0.15) is 0 Å². The van der Waals surface area contributed by atoms with Gasteiger partial charge in [0, 0.05) is 47.7 Å². The van der Waals surface area contributed by atoms with Gasteiger partial charge in [-0.05, 0) is 37.1 Å². The molecule has 108 valence electrons. The van der Waals surface area contributed by atoms with Crippen molar-refractivity contribution in [2.75, 3.05) is 13.1 Å². The van der Waals surface area contributed by atoms with Crippen molar-refractivity contribution in [3.63, 3.8) is 0 Å². The topological polar surface area (TPSA) is 31.9 Å². The maximum Gasteiger partial charge on any atom is 0.0968 e. The van der Waals surface area contributed by atoms with Gasteiger partial charge in [0.1, 0.15) is 0 Å². The lowest BCUT2D eigenvalue weighted by Gasteiger charge is -2.31. The van der Waals surface area contributed by atoms with Crippen LogP contribution in [-0.2, 0) is 6.54 Å². The lowest BCUT2D eigenvalue weighted by Crippen LogP contribution is -2.33. The summed E-state index contributed by atoms with van der Waals surface area (Å²) in [7, 11) is 0. The number of nitrogens with one attached hydrogen (secondary N) is 1. The maximum atomic E-state index is 4.51. The van der Waals surface area contributed by atoms with E-state index in [4.69, 9.17) is 0 Å². The lowest BCUT2D eigenvalue weighted by molar-refractivity contribution is 0.200. The predicted molar refractivity (Wildman–Crippen MR) is 87.7 cm³/mol. The van der Waals surface area contributed by atoms with Crippen LogP contribution in [0.25, 0.3) is 10.9 Å². The molecule has 21 heavy (non-hydrogen) atoms. The van der Waals surface area contributed by atoms with Crippen molar-refractivity contribution in [3.05, 3.63) is 52.6 Å². The van der Waals surface area contributed by atoms with Crippen LogP contribution in [0.3, 0.4) is 0 Å². The second-order valence-corrected chi connectivity index (χ2v) is 6.73. The summed E-state index contributed by atoms with van der Waals surface area (Å²) < 4.78 is 0. The molecule has 0 saturated carbocycles. The number of likely N-dealkylation sites (tertiary alicyclic amines) is 1. The number of aromatic amines is 1. The molecule has 0 spiro atoms. The molecule has 1 aliphatic heterocycles. The van der Waals surface area contributed by atoms with Crippen molar-refractivity contribution in [1.29, 1.82) is 0 Å². The highest BCUT2D eigenvalue weighted by molar-refractivity contribution is 7.09. The summed E-state index contributed by atoms with van der Waals surface area (Å²) in [6, 6.07) is 8.74. The largest absolute Gasteiger partial charge is 0.361 e. The van der Waals surface area contributed by atoms with Gasteiger partial charge < -0.3 is 4.98 Å². The molecule has 4 heteroatoms. The smallest absolute Gasteiger partial charge is 0.0968 e. The molecule has 3 heterocycles. The van der Waals surface area contributed by atoms with E-state index in [1.165, 1.54) is 40.9 Å². The number of piperidine rings is 1. The van der Waals surface area contributed by atoms with Gasteiger partial charge in [0.25, 0.3) is 0 Å². The first-order chi connectivity index (χ1) is 10.4. The number of aromatic nitrogens is 2. The number of H-pyrrole nitrogens is 1. The Hall–Kier alpha value is -1.65. The third kappa shape index (κ3) is 2.61. The summed E-state index contributed by atoms with van der Waals surface area (Å²) >= 11 is 1.80. The normalized spacial score (nSPS) is 20.1. The number of thiazole rings is 1. The minimum Gasteiger partial charge on any atom is -0.361 e. The summed E-state index contributed by atoms with van der Waals surface area (Å²) in [6.45, 7) is 3.37. The average Bonchev–Trinajstić information content (AvgIpc) is 3.20. The molecule has 3 aromatic rings. The Morgan fingerprint density at radius 1 is 1.33 bits per heavy atom. The van der Waals surface area contributed by atoms with Gasteiger partial charge in [-0.25, -0.2) is 4.98 Å². The van der Waals surface area contributed by atoms with Crippen LogP contribution in [0.15, 0.2) is 42.0 Å². The molecule has 0 amide bonds. The fraction of sp³-hybridized carbons (Fsp3) is 0.353. The predicted octanol–water partition coefficient (Wildman–Crippen LogP) is 4.00. The molecule has 3 nitrogen and oxygen atoms in total. The summed E-state index contributed by atoms with van der Waals surface area (Å²) in [5.74, 6) is 0.615. The highest BCUT2D eigenvalue weighted by atomic mass is 32.1. The highest BCUT2D eigenvalue weighted by Gasteiger charge is 2.23. The Morgan fingerprint density at radius 2 is 2.33 bits per heavy atom. The van der Waals surface area contributed by atoms with Crippen molar-refractivity contribution >= 4 is 22.2 Å². The third-order valence-corrected chi connectivity index (χ3v) is 5.32. The van der Waals surface area contributed by atoms with Crippen LogP contribution < -0.4 is 0 Å². The number of fused-ring (bicyclic) bond motifs is 1. The monoisotopic (exact) mass is 297 g/mol. The van der Waals surface area contributed by atoms with Gasteiger partial charge in [0.2, 0.25) is 0 Å². The molecule has 1 aromatic carbocycles. The van der Waals surface area contributed by atoms with Crippen molar-refractivity contribution in [3.8, 4) is 0 Å². The molecule has 1 saturated heterocycles. The van der Waals surface area contributed by atoms with Crippen LogP contribution in [0, 0.1) is 0 Å². The van der Waals surface area contributed by atoms with Crippen LogP contribution >= 0.6 is 11.3 Å². The minimum atomic E-state index is 0.615. The van der Waals surface area contributed by atoms with Crippen LogP contribution in [0.1, 0.15) is 29.3 Å². The molecule has 1 atom stereocenters. The maximum absolute atomic E-state index is 4.51. The van der Waals surface area contributed by atoms with Crippen LogP contribution in [0.4, 0.5) is 0 Å². The Morgan fingerprint density at radius 3 is 3.24 bits per heavy atom. The van der Waals surface area contributed by atoms with Crippen molar-refractivity contribution < 1.29 is 0 Å². The van der Waals surface area contributed by atoms with Crippen molar-refractivity contribution in [1.82, 2.24) is 14.9 Å². The first-order valence-corrected chi connectivity index (χ1v) is 8.45. The quantitative estimate of drug-likeness (QED) is 0.792. The van der Waals surface area contributed by atoms with E-state index in [0.29, 0.717) is 5.92 Å². The van der Waals surface area contributed by atoms with Gasteiger partial charge in [-0.1, -0.05) is 12.1 Å². The zero-order valence-electron chi connectivity index (χ0n) is 12.0. The van der Waals surface area contributed by atoms with Gasteiger partial charge in [0.05, 0.1) is 5.01 Å². The van der Waals surface area contributed by atoms with Crippen LogP contribution in [-0.4, -0.2) is 28.0 Å². The third-order valence-electron chi connectivity index (χ3n) is 4.39. The molecule has 0 aliphatic carbocycles. The van der Waals surface area contributed by atoms with E-state index in [0.717, 1.165) is 13.1 Å². The van der Waals surface area contributed by atoms with Gasteiger partial charge in [0.15, 0.2) is 0 Å². The van der Waals surface area contributed by atoms with Crippen molar-refractivity contribution in [2.24, 2.45) is 0 Å². The fourth-order valence-corrected chi connectivity index (χ4v) is 4.13. The van der Waals surface area contributed by atoms with E-state index in [2.05, 4.69) is 44.5 Å². The Bertz CT molecular complexity index is 717. The minimum absolute atomic E-state index is 0.615. The zero-order valence-corrected chi connectivity index (χ0v) is 12.8. The summed E-state index contributed by atoms with van der Waals surface area (Å²) in [4.78, 5) is 10.4.